The van der Waals surface area contributed by atoms with E-state index in [1.165, 1.54) is 7.11 Å². The Morgan fingerprint density at radius 3 is 1.69 bits per heavy atom. The van der Waals surface area contributed by atoms with Crippen molar-refractivity contribution >= 4 is 18.3 Å². The number of alkyl carbamates (subject to hydrolysis) is 3. The average molecular weight is 751 g/mol. The zero-order chi connectivity index (χ0) is 38.5. The highest BCUT2D eigenvalue weighted by Gasteiger charge is 2.53. The van der Waals surface area contributed by atoms with Crippen LogP contribution in [0.2, 0.25) is 0 Å². The first-order valence-corrected chi connectivity index (χ1v) is 18.0. The molecule has 0 spiro atoms. The van der Waals surface area contributed by atoms with E-state index >= 15 is 0 Å². The van der Waals surface area contributed by atoms with Crippen molar-refractivity contribution in [1.82, 2.24) is 21.3 Å². The van der Waals surface area contributed by atoms with Crippen molar-refractivity contribution < 1.29 is 53.0 Å². The second-order valence-electron chi connectivity index (χ2n) is 13.3. The van der Waals surface area contributed by atoms with Gasteiger partial charge in [-0.1, -0.05) is 91.0 Å². The third-order valence-electron chi connectivity index (χ3n) is 9.54. The lowest BCUT2D eigenvalue weighted by molar-refractivity contribution is -0.268. The molecule has 6 N–H and O–H groups in total. The van der Waals surface area contributed by atoms with Crippen molar-refractivity contribution in [3.05, 3.63) is 108 Å². The molecule has 0 bridgehead atoms. The number of methoxy groups -OCH3 is 1. The summed E-state index contributed by atoms with van der Waals surface area (Å²) in [5, 5.41) is 34.4. The molecule has 1 aliphatic heterocycles. The van der Waals surface area contributed by atoms with Crippen LogP contribution in [0.1, 0.15) is 36.5 Å². The first-order chi connectivity index (χ1) is 26.2. The number of aliphatic hydroxyl groups is 2. The van der Waals surface area contributed by atoms with E-state index in [2.05, 4.69) is 21.3 Å². The molecule has 0 unspecified atom stereocenters. The van der Waals surface area contributed by atoms with Crippen LogP contribution in [0.25, 0.3) is 0 Å². The van der Waals surface area contributed by atoms with Crippen LogP contribution in [0.3, 0.4) is 0 Å². The van der Waals surface area contributed by atoms with Gasteiger partial charge in [0.15, 0.2) is 6.29 Å². The minimum atomic E-state index is -1.38. The molecule has 54 heavy (non-hydrogen) atoms. The Hall–Kier alpha value is -4.77. The standard InChI is InChI=1S/C39H50N4O11/c1-24(41-37(46)50-21-25-13-7-4-8-14-25)29-20-19-28(42-38(47)51-22-26-15-9-5-10-16-26)36(53-29)54-35-31(33(45)34(49-3)30(40-2)32(35)44)43-39(48)52-23-27-17-11-6-12-18-27/h4-18,24,28-36,40,44-45H,19-23H2,1-3H3,(H,41,46)(H,42,47)(H,43,48)/t24-,28+,29-,30+,31+,32-,33+,34-,35-,36-/m0/s1. The normalized spacial score (nSPS) is 27.2. The SMILES string of the molecule is CN[C@@H]1[C@H](O)[C@@H](O[C@@H]2O[C@H]([C@H](C)NC(=O)OCc3ccccc3)CC[C@H]2NC(=O)OCc2ccccc2)[C@H](NC(=O)OCc2ccccc2)[C@@H](O)[C@H]1OC. The highest BCUT2D eigenvalue weighted by molar-refractivity contribution is 5.68. The van der Waals surface area contributed by atoms with E-state index < -0.39 is 79.3 Å². The van der Waals surface area contributed by atoms with Gasteiger partial charge >= 0.3 is 18.3 Å². The van der Waals surface area contributed by atoms with E-state index in [4.69, 9.17) is 28.4 Å². The van der Waals surface area contributed by atoms with Gasteiger partial charge in [-0.05, 0) is 43.5 Å². The van der Waals surface area contributed by atoms with Gasteiger partial charge < -0.3 is 59.9 Å². The maximum atomic E-state index is 13.1. The number of hydrogen-bond donors (Lipinski definition) is 6. The zero-order valence-electron chi connectivity index (χ0n) is 30.5. The number of amides is 3. The Balaban J connectivity index is 1.32. The van der Waals surface area contributed by atoms with Crippen molar-refractivity contribution in [1.29, 1.82) is 0 Å². The van der Waals surface area contributed by atoms with Crippen molar-refractivity contribution in [2.45, 2.75) is 101 Å². The molecule has 0 aromatic heterocycles. The van der Waals surface area contributed by atoms with Crippen molar-refractivity contribution in [2.24, 2.45) is 0 Å². The van der Waals surface area contributed by atoms with Gasteiger partial charge in [-0.15, -0.1) is 0 Å². The second-order valence-corrected chi connectivity index (χ2v) is 13.3. The van der Waals surface area contributed by atoms with E-state index in [0.717, 1.165) is 16.7 Å². The number of hydrogen-bond acceptors (Lipinski definition) is 12. The maximum Gasteiger partial charge on any atom is 0.407 e. The van der Waals surface area contributed by atoms with E-state index in [1.54, 1.807) is 26.1 Å². The summed E-state index contributed by atoms with van der Waals surface area (Å²) in [4.78, 5) is 38.9. The molecular formula is C39H50N4O11. The number of likely N-dealkylation sites (N-methyl/N-ethyl adjacent to an activating group) is 1. The number of carbonyl (C=O) groups is 3. The van der Waals surface area contributed by atoms with Gasteiger partial charge in [0.1, 0.15) is 44.2 Å². The van der Waals surface area contributed by atoms with Crippen LogP contribution in [-0.4, -0.2) is 104 Å². The summed E-state index contributed by atoms with van der Waals surface area (Å²) in [6.07, 6.45) is -8.42. The second kappa shape index (κ2) is 20.1. The predicted molar refractivity (Wildman–Crippen MR) is 195 cm³/mol. The summed E-state index contributed by atoms with van der Waals surface area (Å²) < 4.78 is 34.7. The van der Waals surface area contributed by atoms with Crippen LogP contribution in [-0.2, 0) is 48.2 Å². The smallest absolute Gasteiger partial charge is 0.407 e. The van der Waals surface area contributed by atoms with Gasteiger partial charge in [0.25, 0.3) is 0 Å². The highest BCUT2D eigenvalue weighted by Crippen LogP contribution is 2.31. The first kappa shape index (κ1) is 40.4. The molecule has 292 valence electrons. The van der Waals surface area contributed by atoms with E-state index in [9.17, 15) is 24.6 Å². The Labute approximate surface area is 314 Å². The molecule has 3 aromatic rings. The van der Waals surface area contributed by atoms with Gasteiger partial charge in [0, 0.05) is 7.11 Å². The molecule has 1 heterocycles. The molecule has 0 radical (unpaired) electrons. The lowest BCUT2D eigenvalue weighted by Crippen LogP contribution is -2.72. The van der Waals surface area contributed by atoms with Crippen LogP contribution in [0.5, 0.6) is 0 Å². The summed E-state index contributed by atoms with van der Waals surface area (Å²) in [6.45, 7) is 1.81. The zero-order valence-corrected chi connectivity index (χ0v) is 30.5. The van der Waals surface area contributed by atoms with Gasteiger partial charge in [0.2, 0.25) is 0 Å². The molecule has 10 atom stereocenters. The van der Waals surface area contributed by atoms with E-state index in [-0.39, 0.29) is 19.8 Å². The van der Waals surface area contributed by atoms with E-state index in [0.29, 0.717) is 12.8 Å². The number of aliphatic hydroxyl groups excluding tert-OH is 2. The Morgan fingerprint density at radius 2 is 1.19 bits per heavy atom. The first-order valence-electron chi connectivity index (χ1n) is 18.0. The highest BCUT2D eigenvalue weighted by atomic mass is 16.7. The number of ether oxygens (including phenoxy) is 6. The van der Waals surface area contributed by atoms with Crippen LogP contribution in [0, 0.1) is 0 Å². The third-order valence-corrected chi connectivity index (χ3v) is 9.54. The number of rotatable bonds is 14. The summed E-state index contributed by atoms with van der Waals surface area (Å²) >= 11 is 0. The number of nitrogens with one attached hydrogen (secondary N) is 4. The number of benzene rings is 3. The van der Waals surface area contributed by atoms with Crippen LogP contribution in [0.15, 0.2) is 91.0 Å². The molecule has 1 aliphatic carbocycles. The minimum absolute atomic E-state index is 0.0212. The van der Waals surface area contributed by atoms with Crippen LogP contribution < -0.4 is 21.3 Å². The summed E-state index contributed by atoms with van der Waals surface area (Å²) in [7, 11) is 2.97. The van der Waals surface area contributed by atoms with Gasteiger partial charge in [0.05, 0.1) is 30.3 Å². The molecule has 2 aliphatic rings. The van der Waals surface area contributed by atoms with Crippen molar-refractivity contribution in [2.75, 3.05) is 14.2 Å². The Morgan fingerprint density at radius 1 is 0.704 bits per heavy atom. The fourth-order valence-corrected chi connectivity index (χ4v) is 6.64. The fraction of sp³-hybridized carbons (Fsp3) is 0.462. The summed E-state index contributed by atoms with van der Waals surface area (Å²) in [5.74, 6) is 0. The topological polar surface area (TPSA) is 195 Å². The molecule has 1 saturated carbocycles. The molecule has 5 rings (SSSR count). The summed E-state index contributed by atoms with van der Waals surface area (Å²) in [6, 6.07) is 24.0. The van der Waals surface area contributed by atoms with Crippen molar-refractivity contribution in [3.63, 3.8) is 0 Å². The molecule has 3 amide bonds. The lowest BCUT2D eigenvalue weighted by atomic mass is 9.81. The molecule has 2 fully saturated rings. The fourth-order valence-electron chi connectivity index (χ4n) is 6.64. The monoisotopic (exact) mass is 750 g/mol. The van der Waals surface area contributed by atoms with Gasteiger partial charge in [-0.2, -0.15) is 0 Å². The van der Waals surface area contributed by atoms with E-state index in [1.807, 2.05) is 78.9 Å². The summed E-state index contributed by atoms with van der Waals surface area (Å²) in [5.41, 5.74) is 2.36. The largest absolute Gasteiger partial charge is 0.445 e. The molecule has 1 saturated heterocycles. The predicted octanol–water partition coefficient (Wildman–Crippen LogP) is 3.12. The van der Waals surface area contributed by atoms with Gasteiger partial charge in [-0.3, -0.25) is 0 Å². The number of carbonyl (C=O) groups excluding carboxylic acids is 3. The third kappa shape index (κ3) is 11.1. The molecule has 15 heteroatoms. The molecular weight excluding hydrogens is 700 g/mol. The minimum Gasteiger partial charge on any atom is -0.445 e. The van der Waals surface area contributed by atoms with Gasteiger partial charge in [-0.25, -0.2) is 14.4 Å². The molecule has 3 aromatic carbocycles. The Bertz CT molecular complexity index is 1610. The quantitative estimate of drug-likeness (QED) is 0.132. The maximum absolute atomic E-state index is 13.1. The average Bonchev–Trinajstić information content (AvgIpc) is 3.19. The van der Waals surface area contributed by atoms with Crippen LogP contribution >= 0.6 is 0 Å². The lowest BCUT2D eigenvalue weighted by Gasteiger charge is -2.49. The Kier molecular flexibility index (Phi) is 15.0. The molecule has 15 nitrogen and oxygen atoms in total. The van der Waals surface area contributed by atoms with Crippen LogP contribution in [0.4, 0.5) is 14.4 Å². The van der Waals surface area contributed by atoms with Crippen molar-refractivity contribution in [3.8, 4) is 0 Å².